The van der Waals surface area contributed by atoms with Gasteiger partial charge in [-0.15, -0.1) is 0 Å². The first-order valence-corrected chi connectivity index (χ1v) is 11.5. The molecule has 0 N–H and O–H groups in total. The summed E-state index contributed by atoms with van der Waals surface area (Å²) in [6, 6.07) is 8.47. The van der Waals surface area contributed by atoms with Crippen LogP contribution in [-0.2, 0) is 12.5 Å². The Hall–Kier alpha value is -2.04. The average Bonchev–Trinajstić information content (AvgIpc) is 2.76. The fourth-order valence-corrected chi connectivity index (χ4v) is 4.48. The van der Waals surface area contributed by atoms with Gasteiger partial charge in [0.05, 0.1) is 5.56 Å². The van der Waals surface area contributed by atoms with E-state index in [1.54, 1.807) is 12.1 Å². The van der Waals surface area contributed by atoms with Crippen LogP contribution in [0.15, 0.2) is 42.5 Å². The molecule has 0 amide bonds. The first-order valence-electron chi connectivity index (χ1n) is 11.5. The summed E-state index contributed by atoms with van der Waals surface area (Å²) < 4.78 is 59.6. The highest BCUT2D eigenvalue weighted by atomic mass is 19.3. The van der Waals surface area contributed by atoms with Crippen LogP contribution in [0.2, 0.25) is 0 Å². The van der Waals surface area contributed by atoms with Crippen molar-refractivity contribution in [2.75, 3.05) is 0 Å². The third-order valence-electron chi connectivity index (χ3n) is 6.45. The van der Waals surface area contributed by atoms with Gasteiger partial charge in [-0.1, -0.05) is 77.8 Å². The second-order valence-electron chi connectivity index (χ2n) is 8.81. The highest BCUT2D eigenvalue weighted by Gasteiger charge is 2.34. The molecule has 1 aliphatic carbocycles. The van der Waals surface area contributed by atoms with Crippen LogP contribution in [0.3, 0.4) is 0 Å². The number of benzene rings is 2. The van der Waals surface area contributed by atoms with Crippen molar-refractivity contribution in [2.24, 2.45) is 11.8 Å². The molecule has 0 atom stereocenters. The summed E-state index contributed by atoms with van der Waals surface area (Å²) in [6.07, 6.45) is 8.85. The van der Waals surface area contributed by atoms with Crippen molar-refractivity contribution in [1.82, 2.24) is 0 Å². The van der Waals surface area contributed by atoms with Crippen molar-refractivity contribution in [3.63, 3.8) is 0 Å². The van der Waals surface area contributed by atoms with Gasteiger partial charge in [0.2, 0.25) is 0 Å². The molecule has 1 nitrogen and oxygen atoms in total. The van der Waals surface area contributed by atoms with E-state index in [4.69, 9.17) is 0 Å². The largest absolute Gasteiger partial charge is 0.429 e. The molecule has 32 heavy (non-hydrogen) atoms. The summed E-state index contributed by atoms with van der Waals surface area (Å²) >= 11 is 0. The van der Waals surface area contributed by atoms with E-state index in [0.29, 0.717) is 6.07 Å². The van der Waals surface area contributed by atoms with Crippen LogP contribution >= 0.6 is 0 Å². The van der Waals surface area contributed by atoms with E-state index in [1.165, 1.54) is 63.5 Å². The SMILES string of the molecule is C.CCCCCC1CCC(CCc2ccc(C(F)(F)Oc3ccc(F)c(F)c3)cc2)CC1. The molecular formula is C27H36F4O. The molecule has 0 saturated heterocycles. The second-order valence-corrected chi connectivity index (χ2v) is 8.81. The number of rotatable bonds is 10. The van der Waals surface area contributed by atoms with Crippen LogP contribution in [0.4, 0.5) is 17.6 Å². The molecule has 2 aromatic carbocycles. The Labute approximate surface area is 190 Å². The predicted molar refractivity (Wildman–Crippen MR) is 122 cm³/mol. The molecule has 1 aliphatic rings. The standard InChI is InChI=1S/C26H32F4O.CH4/c1-2-3-4-5-19-6-8-20(9-7-19)10-11-21-12-14-22(15-13-21)26(29,30)31-23-16-17-24(27)25(28)18-23;/h12-20H,2-11H2,1H3;1H4. The van der Waals surface area contributed by atoms with Crippen molar-refractivity contribution in [3.05, 3.63) is 65.2 Å². The molecule has 0 bridgehead atoms. The third kappa shape index (κ3) is 7.53. The third-order valence-corrected chi connectivity index (χ3v) is 6.45. The smallest absolute Gasteiger partial charge is 0.426 e. The van der Waals surface area contributed by atoms with Crippen LogP contribution < -0.4 is 4.74 Å². The van der Waals surface area contributed by atoms with E-state index in [-0.39, 0.29) is 13.0 Å². The van der Waals surface area contributed by atoms with Gasteiger partial charge >= 0.3 is 6.11 Å². The number of halogens is 4. The Balaban J connectivity index is 0.00000363. The minimum absolute atomic E-state index is 0. The highest BCUT2D eigenvalue weighted by molar-refractivity contribution is 5.28. The molecule has 178 valence electrons. The Kier molecular flexibility index (Phi) is 10.0. The zero-order chi connectivity index (χ0) is 22.3. The molecule has 0 spiro atoms. The first kappa shape index (κ1) is 26.2. The van der Waals surface area contributed by atoms with E-state index >= 15 is 0 Å². The quantitative estimate of drug-likeness (QED) is 0.258. The van der Waals surface area contributed by atoms with Crippen LogP contribution in [0, 0.1) is 23.5 Å². The molecule has 0 aliphatic heterocycles. The van der Waals surface area contributed by atoms with E-state index in [9.17, 15) is 17.6 Å². The topological polar surface area (TPSA) is 9.23 Å². The average molecular weight is 453 g/mol. The van der Waals surface area contributed by atoms with Gasteiger partial charge in [-0.05, 0) is 54.5 Å². The highest BCUT2D eigenvalue weighted by Crippen LogP contribution is 2.35. The first-order chi connectivity index (χ1) is 14.9. The van der Waals surface area contributed by atoms with Crippen molar-refractivity contribution >= 4 is 0 Å². The minimum atomic E-state index is -3.63. The Morgan fingerprint density at radius 2 is 1.47 bits per heavy atom. The molecular weight excluding hydrogens is 416 g/mol. The van der Waals surface area contributed by atoms with Gasteiger partial charge in [-0.2, -0.15) is 8.78 Å². The molecule has 1 fully saturated rings. The zero-order valence-corrected chi connectivity index (χ0v) is 18.2. The van der Waals surface area contributed by atoms with Crippen molar-refractivity contribution in [3.8, 4) is 5.75 Å². The van der Waals surface area contributed by atoms with Crippen LogP contribution in [0.5, 0.6) is 5.75 Å². The summed E-state index contributed by atoms with van der Waals surface area (Å²) in [6.45, 7) is 2.24. The summed E-state index contributed by atoms with van der Waals surface area (Å²) in [5.41, 5.74) is 0.714. The number of aryl methyl sites for hydroxylation is 1. The number of unbranched alkanes of at least 4 members (excludes halogenated alkanes) is 2. The number of hydrogen-bond acceptors (Lipinski definition) is 1. The molecule has 1 saturated carbocycles. The van der Waals surface area contributed by atoms with Gasteiger partial charge in [-0.3, -0.25) is 0 Å². The van der Waals surface area contributed by atoms with Crippen molar-refractivity contribution in [2.45, 2.75) is 84.7 Å². The fraction of sp³-hybridized carbons (Fsp3) is 0.556. The van der Waals surface area contributed by atoms with E-state index in [2.05, 4.69) is 11.7 Å². The van der Waals surface area contributed by atoms with Gasteiger partial charge in [0.25, 0.3) is 0 Å². The van der Waals surface area contributed by atoms with Crippen LogP contribution in [-0.4, -0.2) is 0 Å². The Morgan fingerprint density at radius 3 is 2.06 bits per heavy atom. The maximum Gasteiger partial charge on any atom is 0.426 e. The normalized spacial score (nSPS) is 18.8. The van der Waals surface area contributed by atoms with E-state index in [1.807, 2.05) is 0 Å². The molecule has 2 aromatic rings. The summed E-state index contributed by atoms with van der Waals surface area (Å²) in [5, 5.41) is 0. The number of ether oxygens (including phenoxy) is 1. The van der Waals surface area contributed by atoms with Gasteiger partial charge < -0.3 is 4.74 Å². The fourth-order valence-electron chi connectivity index (χ4n) is 4.48. The van der Waals surface area contributed by atoms with Gasteiger partial charge in [0.1, 0.15) is 5.75 Å². The molecule has 0 aromatic heterocycles. The molecule has 0 heterocycles. The van der Waals surface area contributed by atoms with Crippen LogP contribution in [0.1, 0.15) is 83.3 Å². The minimum Gasteiger partial charge on any atom is -0.429 e. The Bertz CT molecular complexity index is 811. The zero-order valence-electron chi connectivity index (χ0n) is 18.2. The lowest BCUT2D eigenvalue weighted by Crippen LogP contribution is -2.22. The Morgan fingerprint density at radius 1 is 0.844 bits per heavy atom. The molecule has 0 unspecified atom stereocenters. The maximum absolute atomic E-state index is 14.4. The van der Waals surface area contributed by atoms with E-state index in [0.717, 1.165) is 42.4 Å². The van der Waals surface area contributed by atoms with Crippen LogP contribution in [0.25, 0.3) is 0 Å². The van der Waals surface area contributed by atoms with Crippen molar-refractivity contribution in [1.29, 1.82) is 0 Å². The van der Waals surface area contributed by atoms with Gasteiger partial charge in [-0.25, -0.2) is 8.78 Å². The molecule has 5 heteroatoms. The van der Waals surface area contributed by atoms with Gasteiger partial charge in [0.15, 0.2) is 11.6 Å². The monoisotopic (exact) mass is 452 g/mol. The second kappa shape index (κ2) is 12.3. The molecule has 0 radical (unpaired) electrons. The van der Waals surface area contributed by atoms with Crippen molar-refractivity contribution < 1.29 is 22.3 Å². The lowest BCUT2D eigenvalue weighted by molar-refractivity contribution is -0.185. The summed E-state index contributed by atoms with van der Waals surface area (Å²) in [5.74, 6) is -1.14. The van der Waals surface area contributed by atoms with E-state index < -0.39 is 23.5 Å². The lowest BCUT2D eigenvalue weighted by Gasteiger charge is -2.28. The summed E-state index contributed by atoms with van der Waals surface area (Å²) in [7, 11) is 0. The van der Waals surface area contributed by atoms with Gasteiger partial charge in [0, 0.05) is 6.07 Å². The predicted octanol–water partition coefficient (Wildman–Crippen LogP) is 9.05. The maximum atomic E-state index is 14.4. The lowest BCUT2D eigenvalue weighted by atomic mass is 9.78. The summed E-state index contributed by atoms with van der Waals surface area (Å²) in [4.78, 5) is 0. The molecule has 3 rings (SSSR count). The number of hydrogen-bond donors (Lipinski definition) is 0. The number of alkyl halides is 2.